The second-order valence-corrected chi connectivity index (χ2v) is 4.24. The summed E-state index contributed by atoms with van der Waals surface area (Å²) in [4.78, 5) is 12.0. The number of ether oxygens (including phenoxy) is 2. The van der Waals surface area contributed by atoms with Crippen LogP contribution in [0, 0.1) is 0 Å². The number of hydrogen-bond donors (Lipinski definition) is 2. The van der Waals surface area contributed by atoms with Crippen molar-refractivity contribution in [2.24, 2.45) is 5.73 Å². The van der Waals surface area contributed by atoms with Crippen LogP contribution in [-0.2, 0) is 0 Å². The highest BCUT2D eigenvalue weighted by Gasteiger charge is 2.19. The molecule has 1 amide bonds. The number of alkyl halides is 2. The number of nitrogens with two attached hydrogens (primary N) is 1. The monoisotopic (exact) mass is 324 g/mol. The Bertz CT molecular complexity index is 459. The normalized spacial score (nSPS) is 11.5. The maximum absolute atomic E-state index is 12.4. The first kappa shape index (κ1) is 19.4. The Morgan fingerprint density at radius 3 is 2.62 bits per heavy atom. The molecule has 0 bridgehead atoms. The number of halogens is 3. The molecule has 1 unspecified atom stereocenters. The fourth-order valence-corrected chi connectivity index (χ4v) is 1.57. The summed E-state index contributed by atoms with van der Waals surface area (Å²) >= 11 is 0. The van der Waals surface area contributed by atoms with Crippen LogP contribution < -0.4 is 20.5 Å². The van der Waals surface area contributed by atoms with E-state index in [2.05, 4.69) is 10.1 Å². The van der Waals surface area contributed by atoms with Gasteiger partial charge >= 0.3 is 6.61 Å². The van der Waals surface area contributed by atoms with Crippen molar-refractivity contribution >= 4 is 18.3 Å². The van der Waals surface area contributed by atoms with Gasteiger partial charge in [-0.2, -0.15) is 8.78 Å². The predicted octanol–water partition coefficient (Wildman–Crippen LogP) is 2.19. The molecule has 1 aromatic rings. The van der Waals surface area contributed by atoms with Crippen LogP contribution in [-0.4, -0.2) is 32.2 Å². The number of benzene rings is 1. The van der Waals surface area contributed by atoms with Gasteiger partial charge in [0.2, 0.25) is 0 Å². The molecule has 0 fully saturated rings. The highest BCUT2D eigenvalue weighted by molar-refractivity contribution is 5.97. The summed E-state index contributed by atoms with van der Waals surface area (Å²) in [5.74, 6) is -0.714. The van der Waals surface area contributed by atoms with Crippen LogP contribution in [0.3, 0.4) is 0 Å². The molecule has 0 radical (unpaired) electrons. The largest absolute Gasteiger partial charge is 0.493 e. The molecular weight excluding hydrogens is 306 g/mol. The third-order valence-corrected chi connectivity index (χ3v) is 2.54. The number of para-hydroxylation sites is 1. The third kappa shape index (κ3) is 6.14. The molecule has 5 nitrogen and oxygen atoms in total. The molecule has 0 heterocycles. The molecule has 0 aliphatic carbocycles. The minimum absolute atomic E-state index is 0. The average molecular weight is 325 g/mol. The zero-order chi connectivity index (χ0) is 15.1. The van der Waals surface area contributed by atoms with Crippen molar-refractivity contribution in [2.45, 2.75) is 26.0 Å². The number of hydrogen-bond acceptors (Lipinski definition) is 4. The summed E-state index contributed by atoms with van der Waals surface area (Å²) in [5, 5.41) is 2.60. The number of methoxy groups -OCH3 is 1. The molecule has 21 heavy (non-hydrogen) atoms. The second kappa shape index (κ2) is 9.36. The SMILES string of the molecule is COc1cccc(C(=O)NCCC(C)N)c1OC(F)F.Cl. The smallest absolute Gasteiger partial charge is 0.387 e. The lowest BCUT2D eigenvalue weighted by atomic mass is 10.1. The molecule has 0 saturated heterocycles. The quantitative estimate of drug-likeness (QED) is 0.806. The predicted molar refractivity (Wildman–Crippen MR) is 77.5 cm³/mol. The van der Waals surface area contributed by atoms with Gasteiger partial charge in [0.15, 0.2) is 11.5 Å². The summed E-state index contributed by atoms with van der Waals surface area (Å²) in [5.41, 5.74) is 5.56. The van der Waals surface area contributed by atoms with Gasteiger partial charge in [0.1, 0.15) is 0 Å². The van der Waals surface area contributed by atoms with E-state index in [-0.39, 0.29) is 35.5 Å². The van der Waals surface area contributed by atoms with E-state index in [9.17, 15) is 13.6 Å². The van der Waals surface area contributed by atoms with E-state index in [1.54, 1.807) is 0 Å². The summed E-state index contributed by atoms with van der Waals surface area (Å²) in [6.45, 7) is -0.882. The molecule has 0 aromatic heterocycles. The maximum atomic E-state index is 12.4. The summed E-state index contributed by atoms with van der Waals surface area (Å²) in [6, 6.07) is 4.30. The van der Waals surface area contributed by atoms with Gasteiger partial charge in [-0.3, -0.25) is 4.79 Å². The van der Waals surface area contributed by atoms with Crippen LogP contribution in [0.15, 0.2) is 18.2 Å². The summed E-state index contributed by atoms with van der Waals surface area (Å²) in [7, 11) is 1.31. The molecule has 0 aliphatic rings. The van der Waals surface area contributed by atoms with Gasteiger partial charge in [-0.05, 0) is 25.5 Å². The number of carbonyl (C=O) groups is 1. The lowest BCUT2D eigenvalue weighted by Crippen LogP contribution is -2.29. The molecule has 8 heteroatoms. The van der Waals surface area contributed by atoms with E-state index >= 15 is 0 Å². The molecule has 0 saturated carbocycles. The topological polar surface area (TPSA) is 73.6 Å². The fourth-order valence-electron chi connectivity index (χ4n) is 1.57. The van der Waals surface area contributed by atoms with Gasteiger partial charge in [0.25, 0.3) is 5.91 Å². The molecule has 120 valence electrons. The Kier molecular flexibility index (Phi) is 8.64. The minimum atomic E-state index is -3.04. The number of carbonyl (C=O) groups excluding carboxylic acids is 1. The summed E-state index contributed by atoms with van der Waals surface area (Å²) in [6.07, 6.45) is 0.584. The van der Waals surface area contributed by atoms with Crippen LogP contribution >= 0.6 is 12.4 Å². The van der Waals surface area contributed by atoms with Crippen molar-refractivity contribution in [1.29, 1.82) is 0 Å². The van der Waals surface area contributed by atoms with Crippen LogP contribution in [0.5, 0.6) is 11.5 Å². The Labute approximate surface area is 128 Å². The molecule has 1 atom stereocenters. The minimum Gasteiger partial charge on any atom is -0.493 e. The van der Waals surface area contributed by atoms with Crippen molar-refractivity contribution in [3.63, 3.8) is 0 Å². The highest BCUT2D eigenvalue weighted by atomic mass is 35.5. The molecule has 0 spiro atoms. The lowest BCUT2D eigenvalue weighted by Gasteiger charge is -2.14. The van der Waals surface area contributed by atoms with Gasteiger partial charge in [0.05, 0.1) is 12.7 Å². The zero-order valence-corrected chi connectivity index (χ0v) is 12.6. The third-order valence-electron chi connectivity index (χ3n) is 2.54. The standard InChI is InChI=1S/C13H18F2N2O3.ClH/c1-8(16)6-7-17-12(18)9-4-3-5-10(19-2)11(9)20-13(14)15;/h3-5,8,13H,6-7,16H2,1-2H3,(H,17,18);1H. The van der Waals surface area contributed by atoms with Crippen LogP contribution in [0.4, 0.5) is 8.78 Å². The van der Waals surface area contributed by atoms with E-state index in [1.807, 2.05) is 6.92 Å². The number of rotatable bonds is 7. The summed E-state index contributed by atoms with van der Waals surface area (Å²) < 4.78 is 34.1. The number of nitrogens with one attached hydrogen (secondary N) is 1. The van der Waals surface area contributed by atoms with Crippen molar-refractivity contribution in [1.82, 2.24) is 5.32 Å². The van der Waals surface area contributed by atoms with Gasteiger partial charge in [-0.15, -0.1) is 12.4 Å². The van der Waals surface area contributed by atoms with Crippen molar-refractivity contribution < 1.29 is 23.0 Å². The molecular formula is C13H19ClF2N2O3. The second-order valence-electron chi connectivity index (χ2n) is 4.24. The van der Waals surface area contributed by atoms with Crippen molar-refractivity contribution in [3.05, 3.63) is 23.8 Å². The van der Waals surface area contributed by atoms with Crippen molar-refractivity contribution in [3.8, 4) is 11.5 Å². The molecule has 1 aromatic carbocycles. The Hall–Kier alpha value is -1.60. The lowest BCUT2D eigenvalue weighted by molar-refractivity contribution is -0.0515. The van der Waals surface area contributed by atoms with E-state index in [4.69, 9.17) is 10.5 Å². The first-order valence-electron chi connectivity index (χ1n) is 6.11. The Morgan fingerprint density at radius 1 is 1.43 bits per heavy atom. The number of amides is 1. The van der Waals surface area contributed by atoms with Crippen molar-refractivity contribution in [2.75, 3.05) is 13.7 Å². The molecule has 1 rings (SSSR count). The van der Waals surface area contributed by atoms with Crippen LogP contribution in [0.25, 0.3) is 0 Å². The highest BCUT2D eigenvalue weighted by Crippen LogP contribution is 2.32. The first-order chi connectivity index (χ1) is 9.45. The van der Waals surface area contributed by atoms with Gasteiger partial charge in [-0.25, -0.2) is 0 Å². The Morgan fingerprint density at radius 2 is 2.10 bits per heavy atom. The van der Waals surface area contributed by atoms with E-state index in [0.29, 0.717) is 13.0 Å². The maximum Gasteiger partial charge on any atom is 0.387 e. The van der Waals surface area contributed by atoms with Crippen LogP contribution in [0.1, 0.15) is 23.7 Å². The van der Waals surface area contributed by atoms with E-state index in [1.165, 1.54) is 25.3 Å². The van der Waals surface area contributed by atoms with E-state index < -0.39 is 12.5 Å². The van der Waals surface area contributed by atoms with Crippen LogP contribution in [0.2, 0.25) is 0 Å². The zero-order valence-electron chi connectivity index (χ0n) is 11.8. The first-order valence-corrected chi connectivity index (χ1v) is 6.11. The van der Waals surface area contributed by atoms with Gasteiger partial charge < -0.3 is 20.5 Å². The van der Waals surface area contributed by atoms with Gasteiger partial charge in [0, 0.05) is 12.6 Å². The van der Waals surface area contributed by atoms with E-state index in [0.717, 1.165) is 0 Å². The molecule has 0 aliphatic heterocycles. The fraction of sp³-hybridized carbons (Fsp3) is 0.462. The van der Waals surface area contributed by atoms with Gasteiger partial charge in [-0.1, -0.05) is 6.07 Å². The average Bonchev–Trinajstić information content (AvgIpc) is 2.37. The Balaban J connectivity index is 0.00000400. The molecule has 3 N–H and O–H groups in total.